The first-order valence-corrected chi connectivity index (χ1v) is 11.4. The van der Waals surface area contributed by atoms with Crippen LogP contribution in [0, 0.1) is 0 Å². The number of amides is 2. The van der Waals surface area contributed by atoms with E-state index < -0.39 is 6.04 Å². The van der Waals surface area contributed by atoms with Crippen molar-refractivity contribution >= 4 is 34.8 Å². The van der Waals surface area contributed by atoms with Gasteiger partial charge in [-0.05, 0) is 48.0 Å². The number of carbonyl (C=O) groups is 2. The van der Waals surface area contributed by atoms with Crippen LogP contribution in [0.1, 0.15) is 31.6 Å². The fraction of sp³-hybridized carbons (Fsp3) is 0.0800. The number of thiophene rings is 1. The number of nitrogens with zero attached hydrogens (tertiary/aromatic N) is 1. The van der Waals surface area contributed by atoms with E-state index in [2.05, 4.69) is 10.6 Å². The fourth-order valence-corrected chi connectivity index (χ4v) is 4.27. The molecule has 1 unspecified atom stereocenters. The van der Waals surface area contributed by atoms with Gasteiger partial charge in [0, 0.05) is 30.1 Å². The number of halogens is 1. The average Bonchev–Trinajstić information content (AvgIpc) is 3.29. The third-order valence-corrected chi connectivity index (χ3v) is 6.23. The van der Waals surface area contributed by atoms with Crippen LogP contribution in [0.5, 0.6) is 0 Å². The Bertz CT molecular complexity index is 1320. The standard InChI is InChI=1S/C25H20ClN3O3S/c26-22-14-13-21(33-22)25(32)27-16-20(17-6-2-1-3-7-17)28-24(31)18-9-11-19(12-10-18)29-15-5-4-8-23(29)30/h1-15,20H,16H2,(H,27,32)(H,28,31). The number of benzene rings is 2. The van der Waals surface area contributed by atoms with Crippen molar-refractivity contribution in [3.05, 3.63) is 122 Å². The Morgan fingerprint density at radius 2 is 1.61 bits per heavy atom. The third-order valence-electron chi connectivity index (χ3n) is 5.00. The summed E-state index contributed by atoms with van der Waals surface area (Å²) in [6.45, 7) is 0.210. The molecule has 0 saturated heterocycles. The molecule has 6 nitrogen and oxygen atoms in total. The molecule has 2 N–H and O–H groups in total. The molecule has 1 atom stereocenters. The van der Waals surface area contributed by atoms with Crippen LogP contribution in [-0.4, -0.2) is 22.9 Å². The molecule has 0 aliphatic carbocycles. The van der Waals surface area contributed by atoms with Crippen LogP contribution in [0.15, 0.2) is 95.9 Å². The van der Waals surface area contributed by atoms with Gasteiger partial charge in [0.15, 0.2) is 0 Å². The highest BCUT2D eigenvalue weighted by Crippen LogP contribution is 2.21. The molecule has 0 spiro atoms. The molecule has 0 bridgehead atoms. The highest BCUT2D eigenvalue weighted by molar-refractivity contribution is 7.18. The lowest BCUT2D eigenvalue weighted by Gasteiger charge is -2.20. The van der Waals surface area contributed by atoms with E-state index >= 15 is 0 Å². The smallest absolute Gasteiger partial charge is 0.261 e. The molecule has 2 aromatic heterocycles. The molecule has 0 radical (unpaired) electrons. The maximum absolute atomic E-state index is 13.0. The first kappa shape index (κ1) is 22.5. The van der Waals surface area contributed by atoms with Crippen LogP contribution in [0.4, 0.5) is 0 Å². The molecule has 4 aromatic rings. The fourth-order valence-electron chi connectivity index (χ4n) is 3.31. The molecular formula is C25H20ClN3O3S. The van der Waals surface area contributed by atoms with E-state index in [1.54, 1.807) is 54.7 Å². The van der Waals surface area contributed by atoms with Crippen molar-refractivity contribution in [2.45, 2.75) is 6.04 Å². The minimum absolute atomic E-state index is 0.151. The van der Waals surface area contributed by atoms with Gasteiger partial charge in [0.05, 0.1) is 15.3 Å². The monoisotopic (exact) mass is 477 g/mol. The topological polar surface area (TPSA) is 80.2 Å². The van der Waals surface area contributed by atoms with E-state index in [1.807, 2.05) is 30.3 Å². The molecule has 0 aliphatic heterocycles. The van der Waals surface area contributed by atoms with Gasteiger partial charge in [-0.1, -0.05) is 48.0 Å². The molecular weight excluding hydrogens is 458 g/mol. The minimum atomic E-state index is -0.436. The van der Waals surface area contributed by atoms with Gasteiger partial charge in [-0.15, -0.1) is 11.3 Å². The number of carbonyl (C=O) groups excluding carboxylic acids is 2. The molecule has 0 aliphatic rings. The Labute approximate surface area is 199 Å². The molecule has 8 heteroatoms. The van der Waals surface area contributed by atoms with Crippen LogP contribution in [0.3, 0.4) is 0 Å². The van der Waals surface area contributed by atoms with Crippen molar-refractivity contribution in [1.29, 1.82) is 0 Å². The van der Waals surface area contributed by atoms with E-state index in [1.165, 1.54) is 22.0 Å². The second kappa shape index (κ2) is 10.3. The average molecular weight is 478 g/mol. The van der Waals surface area contributed by atoms with Crippen molar-refractivity contribution in [3.63, 3.8) is 0 Å². The van der Waals surface area contributed by atoms with E-state index in [9.17, 15) is 14.4 Å². The summed E-state index contributed by atoms with van der Waals surface area (Å²) in [5.41, 5.74) is 1.82. The molecule has 0 saturated carbocycles. The van der Waals surface area contributed by atoms with Gasteiger partial charge in [-0.3, -0.25) is 19.0 Å². The van der Waals surface area contributed by atoms with Gasteiger partial charge in [0.1, 0.15) is 0 Å². The summed E-state index contributed by atoms with van der Waals surface area (Å²) in [6, 6.07) is 24.0. The zero-order chi connectivity index (χ0) is 23.2. The number of hydrogen-bond acceptors (Lipinski definition) is 4. The highest BCUT2D eigenvalue weighted by atomic mass is 35.5. The predicted molar refractivity (Wildman–Crippen MR) is 130 cm³/mol. The zero-order valence-corrected chi connectivity index (χ0v) is 19.0. The Morgan fingerprint density at radius 1 is 0.879 bits per heavy atom. The third kappa shape index (κ3) is 5.58. The maximum atomic E-state index is 13.0. The van der Waals surface area contributed by atoms with Gasteiger partial charge in [-0.25, -0.2) is 0 Å². The Hall–Kier alpha value is -3.68. The number of aromatic nitrogens is 1. The Kier molecular flexibility index (Phi) is 7.02. The zero-order valence-electron chi connectivity index (χ0n) is 17.4. The lowest BCUT2D eigenvalue weighted by Crippen LogP contribution is -2.37. The molecule has 4 rings (SSSR count). The van der Waals surface area contributed by atoms with Gasteiger partial charge in [0.2, 0.25) is 0 Å². The van der Waals surface area contributed by atoms with Crippen LogP contribution in [0.2, 0.25) is 4.34 Å². The Balaban J connectivity index is 1.48. The number of pyridine rings is 1. The molecule has 166 valence electrons. The summed E-state index contributed by atoms with van der Waals surface area (Å²) in [6.07, 6.45) is 1.67. The van der Waals surface area contributed by atoms with E-state index in [-0.39, 0.29) is 23.9 Å². The van der Waals surface area contributed by atoms with E-state index in [0.717, 1.165) is 5.56 Å². The second-order valence-electron chi connectivity index (χ2n) is 7.21. The molecule has 2 heterocycles. The van der Waals surface area contributed by atoms with Crippen LogP contribution in [-0.2, 0) is 0 Å². The molecule has 33 heavy (non-hydrogen) atoms. The largest absolute Gasteiger partial charge is 0.349 e. The van der Waals surface area contributed by atoms with Crippen molar-refractivity contribution in [2.24, 2.45) is 0 Å². The highest BCUT2D eigenvalue weighted by Gasteiger charge is 2.18. The SMILES string of the molecule is O=C(NC(CNC(=O)c1ccc(Cl)s1)c1ccccc1)c1ccc(-n2ccccc2=O)cc1. The number of hydrogen-bond donors (Lipinski definition) is 2. The van der Waals surface area contributed by atoms with Gasteiger partial charge < -0.3 is 10.6 Å². The van der Waals surface area contributed by atoms with E-state index in [0.29, 0.717) is 20.5 Å². The number of rotatable bonds is 7. The van der Waals surface area contributed by atoms with Crippen molar-refractivity contribution < 1.29 is 9.59 Å². The van der Waals surface area contributed by atoms with Crippen LogP contribution >= 0.6 is 22.9 Å². The van der Waals surface area contributed by atoms with Gasteiger partial charge >= 0.3 is 0 Å². The summed E-state index contributed by atoms with van der Waals surface area (Å²) >= 11 is 7.12. The van der Waals surface area contributed by atoms with Crippen LogP contribution < -0.4 is 16.2 Å². The summed E-state index contributed by atoms with van der Waals surface area (Å²) in [7, 11) is 0. The van der Waals surface area contributed by atoms with E-state index in [4.69, 9.17) is 11.6 Å². The molecule has 2 aromatic carbocycles. The summed E-state index contributed by atoms with van der Waals surface area (Å²) in [5.74, 6) is -0.538. The second-order valence-corrected chi connectivity index (χ2v) is 8.92. The molecule has 2 amide bonds. The summed E-state index contributed by atoms with van der Waals surface area (Å²) < 4.78 is 2.04. The maximum Gasteiger partial charge on any atom is 0.261 e. The van der Waals surface area contributed by atoms with Crippen molar-refractivity contribution in [1.82, 2.24) is 15.2 Å². The van der Waals surface area contributed by atoms with Gasteiger partial charge in [0.25, 0.3) is 17.4 Å². The summed E-state index contributed by atoms with van der Waals surface area (Å²) in [4.78, 5) is 37.9. The predicted octanol–water partition coefficient (Wildman–Crippen LogP) is 4.45. The molecule has 0 fully saturated rings. The van der Waals surface area contributed by atoms with Crippen LogP contribution in [0.25, 0.3) is 5.69 Å². The Morgan fingerprint density at radius 3 is 2.27 bits per heavy atom. The lowest BCUT2D eigenvalue weighted by molar-refractivity contribution is 0.0910. The first-order chi connectivity index (χ1) is 16.0. The minimum Gasteiger partial charge on any atom is -0.349 e. The summed E-state index contributed by atoms with van der Waals surface area (Å²) in [5, 5.41) is 5.85. The normalized spacial score (nSPS) is 11.5. The first-order valence-electron chi connectivity index (χ1n) is 10.2. The van der Waals surface area contributed by atoms with Crippen molar-refractivity contribution in [2.75, 3.05) is 6.54 Å². The quantitative estimate of drug-likeness (QED) is 0.412. The van der Waals surface area contributed by atoms with Crippen molar-refractivity contribution in [3.8, 4) is 5.69 Å². The number of nitrogens with one attached hydrogen (secondary N) is 2. The lowest BCUT2D eigenvalue weighted by atomic mass is 10.1. The van der Waals surface area contributed by atoms with Gasteiger partial charge in [-0.2, -0.15) is 0 Å².